The highest BCUT2D eigenvalue weighted by Crippen LogP contribution is 2.32. The minimum absolute atomic E-state index is 0. The van der Waals surface area contributed by atoms with E-state index in [9.17, 15) is 14.4 Å². The van der Waals surface area contributed by atoms with Gasteiger partial charge in [0.1, 0.15) is 6.10 Å². The molecule has 2 heterocycles. The number of anilines is 2. The number of fused-ring (bicyclic) bond motifs is 1. The lowest BCUT2D eigenvalue weighted by atomic mass is 10.0. The number of aryl methyl sites for hydroxylation is 1. The molecule has 1 aromatic carbocycles. The third-order valence-electron chi connectivity index (χ3n) is 4.29. The van der Waals surface area contributed by atoms with Crippen LogP contribution < -0.4 is 15.5 Å². The van der Waals surface area contributed by atoms with Gasteiger partial charge in [-0.05, 0) is 24.1 Å². The number of ether oxygens (including phenoxy) is 1. The van der Waals surface area contributed by atoms with E-state index in [2.05, 4.69) is 0 Å². The van der Waals surface area contributed by atoms with E-state index in [1.807, 2.05) is 18.2 Å². The van der Waals surface area contributed by atoms with E-state index in [1.165, 1.54) is 0 Å². The first-order valence-corrected chi connectivity index (χ1v) is 7.58. The average Bonchev–Trinajstić information content (AvgIpc) is 2.52. The number of nitrogens with zero attached hydrogens (tertiary/aromatic N) is 2. The highest BCUT2D eigenvalue weighted by molar-refractivity contribution is 6.01. The van der Waals surface area contributed by atoms with Crippen LogP contribution in [0.15, 0.2) is 18.2 Å². The zero-order valence-electron chi connectivity index (χ0n) is 13.4. The molecule has 0 saturated carbocycles. The number of nitrogens with two attached hydrogens (primary N) is 1. The summed E-state index contributed by atoms with van der Waals surface area (Å²) in [6, 6.07) is 5.66. The molecule has 7 nitrogen and oxygen atoms in total. The second kappa shape index (κ2) is 7.19. The molecule has 2 aliphatic heterocycles. The number of hydrogen-bond acceptors (Lipinski definition) is 4. The largest absolute Gasteiger partial charge is 0.370 e. The van der Waals surface area contributed by atoms with Crippen LogP contribution in [0.25, 0.3) is 0 Å². The predicted octanol–water partition coefficient (Wildman–Crippen LogP) is 0.625. The molecule has 0 aromatic heterocycles. The fourth-order valence-corrected chi connectivity index (χ4v) is 3.01. The molecule has 0 spiro atoms. The van der Waals surface area contributed by atoms with E-state index in [1.54, 1.807) is 16.8 Å². The van der Waals surface area contributed by atoms with E-state index in [4.69, 9.17) is 10.5 Å². The second-order valence-corrected chi connectivity index (χ2v) is 5.79. The molecule has 130 valence electrons. The van der Waals surface area contributed by atoms with E-state index >= 15 is 0 Å². The van der Waals surface area contributed by atoms with Crippen LogP contribution in [0, 0.1) is 0 Å². The predicted molar refractivity (Wildman–Crippen MR) is 91.3 cm³/mol. The monoisotopic (exact) mass is 353 g/mol. The van der Waals surface area contributed by atoms with Gasteiger partial charge >= 0.3 is 0 Å². The van der Waals surface area contributed by atoms with Gasteiger partial charge in [-0.2, -0.15) is 0 Å². The number of carbonyl (C=O) groups excluding carboxylic acids is 3. The van der Waals surface area contributed by atoms with Crippen molar-refractivity contribution in [1.82, 2.24) is 0 Å². The Labute approximate surface area is 146 Å². The van der Waals surface area contributed by atoms with Gasteiger partial charge in [0.05, 0.1) is 13.0 Å². The first-order valence-electron chi connectivity index (χ1n) is 7.58. The van der Waals surface area contributed by atoms with Crippen LogP contribution in [0.5, 0.6) is 0 Å². The number of hydrogen-bond donors (Lipinski definition) is 1. The Balaban J connectivity index is 0.00000208. The van der Waals surface area contributed by atoms with Gasteiger partial charge in [-0.15, -0.1) is 12.4 Å². The number of carbonyl (C=O) groups is 3. The molecule has 24 heavy (non-hydrogen) atoms. The topological polar surface area (TPSA) is 92.9 Å². The minimum Gasteiger partial charge on any atom is -0.370 e. The van der Waals surface area contributed by atoms with Gasteiger partial charge in [0, 0.05) is 31.4 Å². The maximum absolute atomic E-state index is 12.5. The first kappa shape index (κ1) is 18.2. The molecule has 1 fully saturated rings. The fourth-order valence-electron chi connectivity index (χ4n) is 3.01. The molecule has 0 aliphatic carbocycles. The van der Waals surface area contributed by atoms with Crippen LogP contribution in [0.3, 0.4) is 0 Å². The third-order valence-corrected chi connectivity index (χ3v) is 4.29. The Kier molecular flexibility index (Phi) is 5.46. The fraction of sp³-hybridized carbons (Fsp3) is 0.438. The molecule has 3 rings (SSSR count). The Hall–Kier alpha value is -2.12. The van der Waals surface area contributed by atoms with Crippen LogP contribution in [-0.4, -0.2) is 44.0 Å². The summed E-state index contributed by atoms with van der Waals surface area (Å²) in [7, 11) is 1.74. The summed E-state index contributed by atoms with van der Waals surface area (Å²) >= 11 is 0. The Morgan fingerprint density at radius 1 is 1.33 bits per heavy atom. The quantitative estimate of drug-likeness (QED) is 0.862. The molecule has 0 unspecified atom stereocenters. The zero-order chi connectivity index (χ0) is 16.6. The molecular weight excluding hydrogens is 334 g/mol. The van der Waals surface area contributed by atoms with Gasteiger partial charge in [-0.3, -0.25) is 14.4 Å². The second-order valence-electron chi connectivity index (χ2n) is 5.79. The molecule has 0 radical (unpaired) electrons. The van der Waals surface area contributed by atoms with E-state index in [0.29, 0.717) is 31.7 Å². The maximum Gasteiger partial charge on any atom is 0.256 e. The third kappa shape index (κ3) is 3.37. The number of amides is 3. The van der Waals surface area contributed by atoms with E-state index in [0.717, 1.165) is 11.3 Å². The van der Waals surface area contributed by atoms with Gasteiger partial charge in [-0.1, -0.05) is 6.07 Å². The zero-order valence-corrected chi connectivity index (χ0v) is 14.2. The summed E-state index contributed by atoms with van der Waals surface area (Å²) in [6.07, 6.45) is 0.246. The molecule has 0 bridgehead atoms. The summed E-state index contributed by atoms with van der Waals surface area (Å²) < 4.78 is 5.35. The van der Waals surface area contributed by atoms with E-state index < -0.39 is 12.0 Å². The molecule has 2 N–H and O–H groups in total. The van der Waals surface area contributed by atoms with Crippen LogP contribution >= 0.6 is 12.4 Å². The molecule has 1 aromatic rings. The molecule has 1 atom stereocenters. The van der Waals surface area contributed by atoms with Crippen LogP contribution in [-0.2, 0) is 25.5 Å². The van der Waals surface area contributed by atoms with Crippen LogP contribution in [0.1, 0.15) is 18.4 Å². The Morgan fingerprint density at radius 3 is 2.79 bits per heavy atom. The summed E-state index contributed by atoms with van der Waals surface area (Å²) in [5.74, 6) is -0.782. The van der Waals surface area contributed by atoms with Crippen molar-refractivity contribution in [2.75, 3.05) is 30.0 Å². The SMILES string of the molecule is CN1C(=O)CCc2ccc(N3CCO[C@H](CC(N)=O)C3=O)cc21.Cl. The van der Waals surface area contributed by atoms with E-state index in [-0.39, 0.29) is 30.6 Å². The number of benzene rings is 1. The normalized spacial score (nSPS) is 20.5. The van der Waals surface area contributed by atoms with Crippen molar-refractivity contribution in [2.24, 2.45) is 5.73 Å². The van der Waals surface area contributed by atoms with Crippen molar-refractivity contribution < 1.29 is 19.1 Å². The number of halogens is 1. The van der Waals surface area contributed by atoms with Gasteiger partial charge in [-0.25, -0.2) is 0 Å². The van der Waals surface area contributed by atoms with Gasteiger partial charge in [0.25, 0.3) is 5.91 Å². The maximum atomic E-state index is 12.5. The highest BCUT2D eigenvalue weighted by atomic mass is 35.5. The lowest BCUT2D eigenvalue weighted by molar-refractivity contribution is -0.138. The smallest absolute Gasteiger partial charge is 0.256 e. The van der Waals surface area contributed by atoms with Crippen LogP contribution in [0.2, 0.25) is 0 Å². The number of rotatable bonds is 3. The highest BCUT2D eigenvalue weighted by Gasteiger charge is 2.32. The number of morpholine rings is 1. The molecule has 8 heteroatoms. The molecular formula is C16H20ClN3O4. The van der Waals surface area contributed by atoms with Gasteiger partial charge in [0.2, 0.25) is 11.8 Å². The van der Waals surface area contributed by atoms with Crippen molar-refractivity contribution in [3.8, 4) is 0 Å². The average molecular weight is 354 g/mol. The standard InChI is InChI=1S/C16H19N3O4.ClH/c1-18-12-8-11(4-2-10(12)3-5-15(18)21)19-6-7-23-13(16(19)22)9-14(17)20;/h2,4,8,13H,3,5-7,9H2,1H3,(H2,17,20);1H/t13-;/m1./s1. The first-order chi connectivity index (χ1) is 11.0. The number of primary amides is 1. The van der Waals surface area contributed by atoms with Crippen molar-refractivity contribution in [2.45, 2.75) is 25.4 Å². The van der Waals surface area contributed by atoms with Crippen molar-refractivity contribution >= 4 is 41.5 Å². The summed E-state index contributed by atoms with van der Waals surface area (Å²) in [6.45, 7) is 0.750. The minimum atomic E-state index is -0.836. The van der Waals surface area contributed by atoms with Crippen molar-refractivity contribution in [3.05, 3.63) is 23.8 Å². The summed E-state index contributed by atoms with van der Waals surface area (Å²) in [5.41, 5.74) is 7.77. The Bertz CT molecular complexity index is 679. The van der Waals surface area contributed by atoms with Gasteiger partial charge < -0.3 is 20.3 Å². The van der Waals surface area contributed by atoms with Crippen molar-refractivity contribution in [1.29, 1.82) is 0 Å². The molecule has 2 aliphatic rings. The summed E-state index contributed by atoms with van der Waals surface area (Å²) in [4.78, 5) is 38.6. The lowest BCUT2D eigenvalue weighted by Crippen LogP contribution is -2.49. The lowest BCUT2D eigenvalue weighted by Gasteiger charge is -2.33. The molecule has 3 amide bonds. The molecule has 1 saturated heterocycles. The van der Waals surface area contributed by atoms with Gasteiger partial charge in [0.15, 0.2) is 0 Å². The Morgan fingerprint density at radius 2 is 2.08 bits per heavy atom. The van der Waals surface area contributed by atoms with Crippen LogP contribution in [0.4, 0.5) is 11.4 Å². The van der Waals surface area contributed by atoms with Crippen molar-refractivity contribution in [3.63, 3.8) is 0 Å². The summed E-state index contributed by atoms with van der Waals surface area (Å²) in [5, 5.41) is 0.